The predicted octanol–water partition coefficient (Wildman–Crippen LogP) is 3.03. The summed E-state index contributed by atoms with van der Waals surface area (Å²) in [4.78, 5) is 12.0. The molecule has 1 aromatic rings. The van der Waals surface area contributed by atoms with Crippen LogP contribution in [0.15, 0.2) is 18.2 Å². The minimum absolute atomic E-state index is 0.209. The fraction of sp³-hybridized carbons (Fsp3) is 0.533. The number of amides is 1. The number of phenols is 2. The summed E-state index contributed by atoms with van der Waals surface area (Å²) in [5, 5.41) is 22.6. The van der Waals surface area contributed by atoms with Crippen LogP contribution in [0.2, 0.25) is 0 Å². The van der Waals surface area contributed by atoms with Gasteiger partial charge in [0.05, 0.1) is 0 Å². The maximum absolute atomic E-state index is 12.0. The molecule has 0 spiro atoms. The van der Waals surface area contributed by atoms with Crippen molar-refractivity contribution in [2.24, 2.45) is 11.8 Å². The van der Waals surface area contributed by atoms with Gasteiger partial charge in [0, 0.05) is 17.4 Å². The van der Waals surface area contributed by atoms with E-state index < -0.39 is 0 Å². The summed E-state index contributed by atoms with van der Waals surface area (Å²) < 4.78 is 0. The lowest BCUT2D eigenvalue weighted by molar-refractivity contribution is 0.0936. The van der Waals surface area contributed by atoms with Gasteiger partial charge in [0.25, 0.3) is 5.91 Å². The highest BCUT2D eigenvalue weighted by molar-refractivity contribution is 9.09. The van der Waals surface area contributed by atoms with E-state index in [1.54, 1.807) is 0 Å². The van der Waals surface area contributed by atoms with Gasteiger partial charge < -0.3 is 15.5 Å². The number of alkyl halides is 1. The maximum atomic E-state index is 12.0. The summed E-state index contributed by atoms with van der Waals surface area (Å²) in [5.41, 5.74) is 0.367. The first-order valence-electron chi connectivity index (χ1n) is 6.98. The van der Waals surface area contributed by atoms with E-state index >= 15 is 0 Å². The van der Waals surface area contributed by atoms with Crippen molar-refractivity contribution >= 4 is 21.8 Å². The standard InChI is InChI=1S/C15H20BrNO3/c16-8-11-3-1-2-4-12(11)9-17-15(20)10-5-6-13(18)14(19)7-10/h5-7,11-12,18-19H,1-4,8-9H2,(H,17,20). The van der Waals surface area contributed by atoms with Crippen molar-refractivity contribution in [3.63, 3.8) is 0 Å². The van der Waals surface area contributed by atoms with Crippen molar-refractivity contribution in [1.82, 2.24) is 5.32 Å². The van der Waals surface area contributed by atoms with Crippen molar-refractivity contribution in [3.05, 3.63) is 23.8 Å². The van der Waals surface area contributed by atoms with Crippen LogP contribution in [0.1, 0.15) is 36.0 Å². The third kappa shape index (κ3) is 3.66. The van der Waals surface area contributed by atoms with Crippen molar-refractivity contribution in [2.75, 3.05) is 11.9 Å². The number of carbonyl (C=O) groups is 1. The molecule has 0 aliphatic heterocycles. The van der Waals surface area contributed by atoms with Crippen LogP contribution in [0.5, 0.6) is 11.5 Å². The van der Waals surface area contributed by atoms with Gasteiger partial charge in [-0.1, -0.05) is 28.8 Å². The summed E-state index contributed by atoms with van der Waals surface area (Å²) in [5.74, 6) is 0.441. The van der Waals surface area contributed by atoms with Gasteiger partial charge in [-0.2, -0.15) is 0 Å². The van der Waals surface area contributed by atoms with Crippen LogP contribution >= 0.6 is 15.9 Å². The molecule has 2 unspecified atom stereocenters. The quantitative estimate of drug-likeness (QED) is 0.582. The van der Waals surface area contributed by atoms with Crippen molar-refractivity contribution in [1.29, 1.82) is 0 Å². The average molecular weight is 342 g/mol. The Bertz CT molecular complexity index is 478. The summed E-state index contributed by atoms with van der Waals surface area (Å²) in [6, 6.07) is 4.12. The molecule has 0 bridgehead atoms. The molecule has 1 aliphatic carbocycles. The Morgan fingerprint density at radius 2 is 1.90 bits per heavy atom. The molecule has 0 aromatic heterocycles. The highest BCUT2D eigenvalue weighted by atomic mass is 79.9. The largest absolute Gasteiger partial charge is 0.504 e. The molecular formula is C15H20BrNO3. The average Bonchev–Trinajstić information content (AvgIpc) is 2.47. The molecular weight excluding hydrogens is 322 g/mol. The predicted molar refractivity (Wildman–Crippen MR) is 81.3 cm³/mol. The molecule has 1 aliphatic rings. The zero-order valence-electron chi connectivity index (χ0n) is 11.3. The Morgan fingerprint density at radius 3 is 2.55 bits per heavy atom. The van der Waals surface area contributed by atoms with Crippen molar-refractivity contribution in [3.8, 4) is 11.5 Å². The molecule has 110 valence electrons. The van der Waals surface area contributed by atoms with E-state index in [0.29, 0.717) is 23.9 Å². The summed E-state index contributed by atoms with van der Waals surface area (Å²) in [7, 11) is 0. The molecule has 0 heterocycles. The minimum Gasteiger partial charge on any atom is -0.504 e. The number of carbonyl (C=O) groups excluding carboxylic acids is 1. The number of benzene rings is 1. The van der Waals surface area contributed by atoms with Crippen molar-refractivity contribution < 1.29 is 15.0 Å². The second-order valence-electron chi connectivity index (χ2n) is 5.37. The van der Waals surface area contributed by atoms with E-state index in [1.807, 2.05) is 0 Å². The van der Waals surface area contributed by atoms with Crippen LogP contribution in [-0.2, 0) is 0 Å². The maximum Gasteiger partial charge on any atom is 0.251 e. The molecule has 4 nitrogen and oxygen atoms in total. The fourth-order valence-corrected chi connectivity index (χ4v) is 3.60. The van der Waals surface area contributed by atoms with Gasteiger partial charge in [0.15, 0.2) is 11.5 Å². The van der Waals surface area contributed by atoms with E-state index in [-0.39, 0.29) is 17.4 Å². The molecule has 1 amide bonds. The molecule has 2 rings (SSSR count). The monoisotopic (exact) mass is 341 g/mol. The normalized spacial score (nSPS) is 22.4. The van der Waals surface area contributed by atoms with E-state index in [9.17, 15) is 15.0 Å². The van der Waals surface area contributed by atoms with Crippen molar-refractivity contribution in [2.45, 2.75) is 25.7 Å². The van der Waals surface area contributed by atoms with Gasteiger partial charge >= 0.3 is 0 Å². The third-order valence-electron chi connectivity index (χ3n) is 4.03. The number of aromatic hydroxyl groups is 2. The Labute approximate surface area is 127 Å². The second kappa shape index (κ2) is 6.97. The Hall–Kier alpha value is -1.23. The number of phenolic OH excluding ortho intramolecular Hbond substituents is 2. The number of rotatable bonds is 4. The van der Waals surface area contributed by atoms with Gasteiger partial charge in [-0.15, -0.1) is 0 Å². The second-order valence-corrected chi connectivity index (χ2v) is 6.02. The van der Waals surface area contributed by atoms with Crippen LogP contribution in [0, 0.1) is 11.8 Å². The molecule has 1 saturated carbocycles. The van der Waals surface area contributed by atoms with Crippen LogP contribution < -0.4 is 5.32 Å². The lowest BCUT2D eigenvalue weighted by atomic mass is 9.80. The highest BCUT2D eigenvalue weighted by Gasteiger charge is 2.24. The first-order chi connectivity index (χ1) is 9.61. The number of hydrogen-bond acceptors (Lipinski definition) is 3. The third-order valence-corrected chi connectivity index (χ3v) is 4.86. The van der Waals surface area contributed by atoms with Gasteiger partial charge in [0.1, 0.15) is 0 Å². The van der Waals surface area contributed by atoms with Gasteiger partial charge in [-0.05, 0) is 42.9 Å². The Balaban J connectivity index is 1.92. The van der Waals surface area contributed by atoms with Gasteiger partial charge in [-0.3, -0.25) is 4.79 Å². The summed E-state index contributed by atoms with van der Waals surface area (Å²) in [6.07, 6.45) is 4.86. The van der Waals surface area contributed by atoms with E-state index in [4.69, 9.17) is 0 Å². The molecule has 0 saturated heterocycles. The van der Waals surface area contributed by atoms with E-state index in [2.05, 4.69) is 21.2 Å². The SMILES string of the molecule is O=C(NCC1CCCCC1CBr)c1ccc(O)c(O)c1. The van der Waals surface area contributed by atoms with E-state index in [0.717, 1.165) is 11.8 Å². The zero-order chi connectivity index (χ0) is 14.5. The van der Waals surface area contributed by atoms with Crippen LogP contribution in [0.3, 0.4) is 0 Å². The summed E-state index contributed by atoms with van der Waals surface area (Å²) in [6.45, 7) is 0.663. The topological polar surface area (TPSA) is 69.6 Å². The molecule has 2 atom stereocenters. The zero-order valence-corrected chi connectivity index (χ0v) is 12.9. The molecule has 20 heavy (non-hydrogen) atoms. The van der Waals surface area contributed by atoms with Crippen LogP contribution in [-0.4, -0.2) is 28.0 Å². The first kappa shape index (κ1) is 15.2. The van der Waals surface area contributed by atoms with Crippen LogP contribution in [0.25, 0.3) is 0 Å². The van der Waals surface area contributed by atoms with E-state index in [1.165, 1.54) is 37.5 Å². The number of nitrogens with one attached hydrogen (secondary N) is 1. The lowest BCUT2D eigenvalue weighted by Crippen LogP contribution is -2.34. The molecule has 1 fully saturated rings. The van der Waals surface area contributed by atoms with Crippen LogP contribution in [0.4, 0.5) is 0 Å². The molecule has 5 heteroatoms. The molecule has 1 aromatic carbocycles. The minimum atomic E-state index is -0.270. The molecule has 0 radical (unpaired) electrons. The highest BCUT2D eigenvalue weighted by Crippen LogP contribution is 2.31. The fourth-order valence-electron chi connectivity index (χ4n) is 2.75. The van der Waals surface area contributed by atoms with Gasteiger partial charge in [-0.25, -0.2) is 0 Å². The first-order valence-corrected chi connectivity index (χ1v) is 8.10. The lowest BCUT2D eigenvalue weighted by Gasteiger charge is -2.30. The smallest absolute Gasteiger partial charge is 0.251 e. The number of hydrogen-bond donors (Lipinski definition) is 3. The molecule has 3 N–H and O–H groups in total. The summed E-state index contributed by atoms with van der Waals surface area (Å²) >= 11 is 3.55. The van der Waals surface area contributed by atoms with Gasteiger partial charge in [0.2, 0.25) is 0 Å². The Kier molecular flexibility index (Phi) is 5.29. The Morgan fingerprint density at radius 1 is 1.20 bits per heavy atom. The number of halogens is 1.